The molecular weight excluding hydrogens is 252 g/mol. The fourth-order valence-electron chi connectivity index (χ4n) is 2.31. The molecule has 0 aromatic carbocycles. The van der Waals surface area contributed by atoms with Crippen LogP contribution in [0.4, 0.5) is 5.82 Å². The number of aliphatic hydroxyl groups is 3. The first kappa shape index (κ1) is 12.3. The van der Waals surface area contributed by atoms with Gasteiger partial charge in [0.2, 0.25) is 0 Å². The van der Waals surface area contributed by atoms with Gasteiger partial charge >= 0.3 is 0 Å². The molecule has 2 aromatic rings. The molecule has 0 bridgehead atoms. The van der Waals surface area contributed by atoms with Gasteiger partial charge in [-0.25, -0.2) is 9.97 Å². The molecule has 0 amide bonds. The van der Waals surface area contributed by atoms with Crippen LogP contribution in [0.5, 0.6) is 0 Å². The number of ether oxygens (including phenoxy) is 1. The topological polar surface area (TPSA) is 127 Å². The first-order valence-electron chi connectivity index (χ1n) is 5.83. The van der Waals surface area contributed by atoms with Crippen molar-refractivity contribution in [2.45, 2.75) is 24.5 Å². The van der Waals surface area contributed by atoms with Gasteiger partial charge in [-0.1, -0.05) is 0 Å². The third-order valence-electron chi connectivity index (χ3n) is 3.33. The highest BCUT2D eigenvalue weighted by Gasteiger charge is 2.43. The number of nitrogen functional groups attached to an aromatic ring is 1. The maximum absolute atomic E-state index is 9.98. The third-order valence-corrected chi connectivity index (χ3v) is 3.33. The second-order valence-electron chi connectivity index (χ2n) is 4.45. The first-order valence-corrected chi connectivity index (χ1v) is 5.83. The summed E-state index contributed by atoms with van der Waals surface area (Å²) in [6, 6.07) is 1.71. The Hall–Kier alpha value is -1.74. The number of hydrogen-bond acceptors (Lipinski definition) is 7. The Labute approximate surface area is 108 Å². The largest absolute Gasteiger partial charge is 0.394 e. The van der Waals surface area contributed by atoms with Gasteiger partial charge in [0.05, 0.1) is 12.0 Å². The zero-order valence-electron chi connectivity index (χ0n) is 9.92. The monoisotopic (exact) mass is 266 g/mol. The first-order chi connectivity index (χ1) is 9.13. The van der Waals surface area contributed by atoms with E-state index < -0.39 is 24.5 Å². The van der Waals surface area contributed by atoms with E-state index in [2.05, 4.69) is 9.97 Å². The van der Waals surface area contributed by atoms with Gasteiger partial charge in [0.25, 0.3) is 0 Å². The minimum absolute atomic E-state index is 0.329. The summed E-state index contributed by atoms with van der Waals surface area (Å²) in [6.45, 7) is -0.370. The van der Waals surface area contributed by atoms with E-state index in [1.807, 2.05) is 0 Å². The number of fused-ring (bicyclic) bond motifs is 1. The Balaban J connectivity index is 2.04. The van der Waals surface area contributed by atoms with Crippen molar-refractivity contribution >= 4 is 16.9 Å². The van der Waals surface area contributed by atoms with Crippen molar-refractivity contribution in [3.05, 3.63) is 18.6 Å². The summed E-state index contributed by atoms with van der Waals surface area (Å²) in [4.78, 5) is 7.97. The summed E-state index contributed by atoms with van der Waals surface area (Å²) in [5.41, 5.74) is 6.23. The lowest BCUT2D eigenvalue weighted by atomic mass is 10.1. The molecule has 4 atom stereocenters. The van der Waals surface area contributed by atoms with Crippen LogP contribution < -0.4 is 5.73 Å². The van der Waals surface area contributed by atoms with E-state index in [1.165, 1.54) is 6.33 Å². The minimum Gasteiger partial charge on any atom is -0.394 e. The van der Waals surface area contributed by atoms with Crippen molar-refractivity contribution in [2.24, 2.45) is 0 Å². The Morgan fingerprint density at radius 2 is 2.11 bits per heavy atom. The zero-order valence-corrected chi connectivity index (χ0v) is 9.92. The lowest BCUT2D eigenvalue weighted by Gasteiger charge is -2.17. The molecule has 0 aliphatic carbocycles. The average molecular weight is 266 g/mol. The molecule has 3 heterocycles. The predicted molar refractivity (Wildman–Crippen MR) is 64.9 cm³/mol. The Kier molecular flexibility index (Phi) is 2.86. The molecule has 102 valence electrons. The molecule has 8 heteroatoms. The normalized spacial score (nSPS) is 31.1. The van der Waals surface area contributed by atoms with E-state index in [4.69, 9.17) is 15.6 Å². The van der Waals surface area contributed by atoms with Crippen LogP contribution in [-0.2, 0) is 4.74 Å². The number of anilines is 1. The molecule has 1 fully saturated rings. The summed E-state index contributed by atoms with van der Waals surface area (Å²) >= 11 is 0. The molecule has 1 aliphatic heterocycles. The van der Waals surface area contributed by atoms with Crippen LogP contribution >= 0.6 is 0 Å². The van der Waals surface area contributed by atoms with Crippen molar-refractivity contribution in [1.29, 1.82) is 0 Å². The Morgan fingerprint density at radius 3 is 2.79 bits per heavy atom. The van der Waals surface area contributed by atoms with Crippen molar-refractivity contribution in [1.82, 2.24) is 14.5 Å². The second kappa shape index (κ2) is 4.42. The molecule has 0 saturated carbocycles. The van der Waals surface area contributed by atoms with Gasteiger partial charge in [-0.2, -0.15) is 0 Å². The van der Waals surface area contributed by atoms with Crippen molar-refractivity contribution in [2.75, 3.05) is 12.3 Å². The van der Waals surface area contributed by atoms with Gasteiger partial charge in [-0.05, 0) is 6.07 Å². The highest BCUT2D eigenvalue weighted by atomic mass is 16.6. The van der Waals surface area contributed by atoms with Crippen LogP contribution in [0.3, 0.4) is 0 Å². The van der Waals surface area contributed by atoms with Crippen LogP contribution in [0, 0.1) is 0 Å². The molecule has 2 aromatic heterocycles. The van der Waals surface area contributed by atoms with Crippen molar-refractivity contribution in [3.63, 3.8) is 0 Å². The molecule has 8 nitrogen and oxygen atoms in total. The third kappa shape index (κ3) is 1.77. The van der Waals surface area contributed by atoms with Crippen molar-refractivity contribution in [3.8, 4) is 0 Å². The van der Waals surface area contributed by atoms with Gasteiger partial charge in [0, 0.05) is 6.20 Å². The lowest BCUT2D eigenvalue weighted by molar-refractivity contribution is -0.0508. The summed E-state index contributed by atoms with van der Waals surface area (Å²) < 4.78 is 7.01. The van der Waals surface area contributed by atoms with E-state index in [0.29, 0.717) is 16.9 Å². The molecule has 1 aliphatic rings. The Bertz CT molecular complexity index is 601. The van der Waals surface area contributed by atoms with E-state index in [9.17, 15) is 10.2 Å². The van der Waals surface area contributed by atoms with E-state index >= 15 is 0 Å². The zero-order chi connectivity index (χ0) is 13.6. The number of nitrogens with two attached hydrogens (primary N) is 1. The molecule has 3 rings (SSSR count). The average Bonchev–Trinajstić information content (AvgIpc) is 2.94. The van der Waals surface area contributed by atoms with Crippen LogP contribution in [0.15, 0.2) is 18.6 Å². The smallest absolute Gasteiger partial charge is 0.164 e. The van der Waals surface area contributed by atoms with Gasteiger partial charge in [0.1, 0.15) is 36.1 Å². The molecule has 1 saturated heterocycles. The van der Waals surface area contributed by atoms with Gasteiger partial charge in [-0.3, -0.25) is 0 Å². The van der Waals surface area contributed by atoms with Crippen LogP contribution in [0.2, 0.25) is 0 Å². The molecule has 19 heavy (non-hydrogen) atoms. The minimum atomic E-state index is -1.15. The van der Waals surface area contributed by atoms with E-state index in [-0.39, 0.29) is 6.61 Å². The number of rotatable bonds is 2. The van der Waals surface area contributed by atoms with E-state index in [1.54, 1.807) is 16.8 Å². The SMILES string of the molecule is Nc1ncnc2c1ccn2[C@H]1O[C@@H](CO)[C@H](O)[C@H]1O. The number of nitrogens with zero attached hydrogens (tertiary/aromatic N) is 3. The maximum Gasteiger partial charge on any atom is 0.164 e. The highest BCUT2D eigenvalue weighted by Crippen LogP contribution is 2.32. The predicted octanol–water partition coefficient (Wildman–Crippen LogP) is -1.38. The maximum atomic E-state index is 9.98. The van der Waals surface area contributed by atoms with E-state index in [0.717, 1.165) is 0 Å². The molecular formula is C11H14N4O4. The van der Waals surface area contributed by atoms with Gasteiger partial charge in [-0.15, -0.1) is 0 Å². The van der Waals surface area contributed by atoms with Crippen LogP contribution in [0.1, 0.15) is 6.23 Å². The van der Waals surface area contributed by atoms with Crippen LogP contribution in [0.25, 0.3) is 11.0 Å². The number of aromatic nitrogens is 3. The standard InChI is InChI=1S/C11H14N4O4/c12-9-5-1-2-15(10(5)14-4-13-9)11-8(18)7(17)6(3-16)19-11/h1-2,4,6-8,11,16-18H,3H2,(H2,12,13,14)/t6-,7-,8+,11-/m0/s1. The molecule has 0 spiro atoms. The fraction of sp³-hybridized carbons (Fsp3) is 0.455. The number of aliphatic hydroxyl groups excluding tert-OH is 3. The second-order valence-corrected chi connectivity index (χ2v) is 4.45. The Morgan fingerprint density at radius 1 is 1.32 bits per heavy atom. The fourth-order valence-corrected chi connectivity index (χ4v) is 2.31. The lowest BCUT2D eigenvalue weighted by Crippen LogP contribution is -2.33. The summed E-state index contributed by atoms with van der Waals surface area (Å²) in [5, 5.41) is 29.4. The van der Waals surface area contributed by atoms with Crippen molar-refractivity contribution < 1.29 is 20.1 Å². The molecule has 0 radical (unpaired) electrons. The summed E-state index contributed by atoms with van der Waals surface area (Å²) in [5.74, 6) is 0.329. The molecule has 5 N–H and O–H groups in total. The van der Waals surface area contributed by atoms with Crippen LogP contribution in [-0.4, -0.2) is 54.8 Å². The summed E-state index contributed by atoms with van der Waals surface area (Å²) in [6.07, 6.45) is -0.975. The molecule has 0 unspecified atom stereocenters. The van der Waals surface area contributed by atoms with Gasteiger partial charge in [0.15, 0.2) is 6.23 Å². The highest BCUT2D eigenvalue weighted by molar-refractivity contribution is 5.86. The number of hydrogen-bond donors (Lipinski definition) is 4. The summed E-state index contributed by atoms with van der Waals surface area (Å²) in [7, 11) is 0. The van der Waals surface area contributed by atoms with Gasteiger partial charge < -0.3 is 30.4 Å². The quantitative estimate of drug-likeness (QED) is 0.528.